The summed E-state index contributed by atoms with van der Waals surface area (Å²) in [6.45, 7) is 1.89. The van der Waals surface area contributed by atoms with Crippen LogP contribution in [0.15, 0.2) is 41.0 Å². The van der Waals surface area contributed by atoms with Gasteiger partial charge in [0.2, 0.25) is 5.91 Å². The van der Waals surface area contributed by atoms with E-state index < -0.39 is 0 Å². The molecule has 5 heteroatoms. The van der Waals surface area contributed by atoms with Crippen LogP contribution in [0.4, 0.5) is 0 Å². The molecular weight excluding hydrogens is 297 g/mol. The van der Waals surface area contributed by atoms with Crippen molar-refractivity contribution in [3.8, 4) is 0 Å². The minimum atomic E-state index is -0.163. The molecule has 0 aliphatic heterocycles. The van der Waals surface area contributed by atoms with Gasteiger partial charge in [0.25, 0.3) is 0 Å². The Morgan fingerprint density at radius 1 is 1.35 bits per heavy atom. The molecule has 0 spiro atoms. The molecule has 0 aliphatic carbocycles. The van der Waals surface area contributed by atoms with Crippen LogP contribution >= 0.6 is 23.2 Å². The van der Waals surface area contributed by atoms with Gasteiger partial charge in [-0.15, -0.1) is 0 Å². The molecule has 3 nitrogen and oxygen atoms in total. The maximum absolute atomic E-state index is 11.9. The summed E-state index contributed by atoms with van der Waals surface area (Å²) < 4.78 is 5.19. The number of carbonyl (C=O) groups excluding carboxylic acids is 1. The molecular formula is C15H15Cl2NO2. The topological polar surface area (TPSA) is 42.2 Å². The summed E-state index contributed by atoms with van der Waals surface area (Å²) in [5, 5.41) is 4.04. The van der Waals surface area contributed by atoms with Gasteiger partial charge in [0.05, 0.1) is 12.3 Å². The second-order valence-corrected chi connectivity index (χ2v) is 5.38. The SMILES string of the molecule is CC(NC(=O)CCc1ccco1)c1ccc(Cl)cc1Cl. The lowest BCUT2D eigenvalue weighted by molar-refractivity contribution is -0.121. The molecule has 0 aliphatic rings. The molecule has 0 bridgehead atoms. The third-order valence-electron chi connectivity index (χ3n) is 2.99. The molecule has 1 amide bonds. The van der Waals surface area contributed by atoms with E-state index >= 15 is 0 Å². The lowest BCUT2D eigenvalue weighted by Gasteiger charge is -2.15. The Balaban J connectivity index is 1.90. The number of halogens is 2. The van der Waals surface area contributed by atoms with Crippen LogP contribution in [0, 0.1) is 0 Å². The highest BCUT2D eigenvalue weighted by Gasteiger charge is 2.13. The standard InChI is InChI=1S/C15H15Cl2NO2/c1-10(13-6-4-11(16)9-14(13)17)18-15(19)7-5-12-3-2-8-20-12/h2-4,6,8-10H,5,7H2,1H3,(H,18,19). The lowest BCUT2D eigenvalue weighted by Crippen LogP contribution is -2.26. The molecule has 1 unspecified atom stereocenters. The first-order valence-corrected chi connectivity index (χ1v) is 7.08. The minimum Gasteiger partial charge on any atom is -0.469 e. The summed E-state index contributed by atoms with van der Waals surface area (Å²) in [6, 6.07) is 8.75. The fourth-order valence-electron chi connectivity index (χ4n) is 1.94. The second-order valence-electron chi connectivity index (χ2n) is 4.53. The van der Waals surface area contributed by atoms with Crippen molar-refractivity contribution in [3.05, 3.63) is 58.0 Å². The molecule has 2 aromatic rings. The Morgan fingerprint density at radius 2 is 2.15 bits per heavy atom. The zero-order valence-corrected chi connectivity index (χ0v) is 12.5. The average Bonchev–Trinajstić information content (AvgIpc) is 2.89. The zero-order valence-electron chi connectivity index (χ0n) is 11.0. The Bertz CT molecular complexity index is 582. The van der Waals surface area contributed by atoms with Crippen LogP contribution in [0.25, 0.3) is 0 Å². The monoisotopic (exact) mass is 311 g/mol. The Kier molecular flexibility index (Phi) is 5.10. The minimum absolute atomic E-state index is 0.0417. The van der Waals surface area contributed by atoms with Crippen LogP contribution in [-0.4, -0.2) is 5.91 Å². The molecule has 1 aromatic carbocycles. The van der Waals surface area contributed by atoms with Crippen molar-refractivity contribution in [2.45, 2.75) is 25.8 Å². The summed E-state index contributed by atoms with van der Waals surface area (Å²) in [5.41, 5.74) is 0.849. The number of benzene rings is 1. The van der Waals surface area contributed by atoms with E-state index in [0.717, 1.165) is 11.3 Å². The number of nitrogens with one attached hydrogen (secondary N) is 1. The number of furan rings is 1. The van der Waals surface area contributed by atoms with Crippen molar-refractivity contribution in [2.75, 3.05) is 0 Å². The van der Waals surface area contributed by atoms with Crippen LogP contribution in [-0.2, 0) is 11.2 Å². The number of rotatable bonds is 5. The van der Waals surface area contributed by atoms with Crippen LogP contribution < -0.4 is 5.32 Å². The first kappa shape index (κ1) is 14.9. The molecule has 1 atom stereocenters. The Morgan fingerprint density at radius 3 is 2.80 bits per heavy atom. The predicted molar refractivity (Wildman–Crippen MR) is 80.0 cm³/mol. The maximum atomic E-state index is 11.9. The van der Waals surface area contributed by atoms with Gasteiger partial charge in [-0.1, -0.05) is 29.3 Å². The molecule has 0 saturated carbocycles. The summed E-state index contributed by atoms with van der Waals surface area (Å²) in [6.07, 6.45) is 2.56. The van der Waals surface area contributed by atoms with E-state index in [0.29, 0.717) is 22.9 Å². The molecule has 106 valence electrons. The first-order valence-electron chi connectivity index (χ1n) is 6.33. The molecule has 0 fully saturated rings. The van der Waals surface area contributed by atoms with Gasteiger partial charge in [-0.05, 0) is 36.8 Å². The van der Waals surface area contributed by atoms with E-state index in [-0.39, 0.29) is 11.9 Å². The van der Waals surface area contributed by atoms with E-state index in [9.17, 15) is 4.79 Å². The summed E-state index contributed by atoms with van der Waals surface area (Å²) in [7, 11) is 0. The van der Waals surface area contributed by atoms with E-state index in [1.807, 2.05) is 25.1 Å². The molecule has 1 aromatic heterocycles. The molecule has 2 rings (SSSR count). The van der Waals surface area contributed by atoms with Crippen molar-refractivity contribution in [1.82, 2.24) is 5.32 Å². The summed E-state index contributed by atoms with van der Waals surface area (Å²) in [4.78, 5) is 11.9. The fourth-order valence-corrected chi connectivity index (χ4v) is 2.51. The average molecular weight is 312 g/mol. The van der Waals surface area contributed by atoms with E-state index in [1.54, 1.807) is 18.4 Å². The maximum Gasteiger partial charge on any atom is 0.220 e. The third kappa shape index (κ3) is 4.02. The van der Waals surface area contributed by atoms with Gasteiger partial charge in [-0.2, -0.15) is 0 Å². The van der Waals surface area contributed by atoms with Crippen molar-refractivity contribution in [3.63, 3.8) is 0 Å². The fraction of sp³-hybridized carbons (Fsp3) is 0.267. The Hall–Kier alpha value is -1.45. The highest BCUT2D eigenvalue weighted by Crippen LogP contribution is 2.26. The van der Waals surface area contributed by atoms with Crippen LogP contribution in [0.1, 0.15) is 30.7 Å². The van der Waals surface area contributed by atoms with E-state index in [4.69, 9.17) is 27.6 Å². The van der Waals surface area contributed by atoms with Crippen LogP contribution in [0.2, 0.25) is 10.0 Å². The van der Waals surface area contributed by atoms with Gasteiger partial charge in [0.1, 0.15) is 5.76 Å². The molecule has 1 N–H and O–H groups in total. The van der Waals surface area contributed by atoms with Gasteiger partial charge in [-0.3, -0.25) is 4.79 Å². The third-order valence-corrected chi connectivity index (χ3v) is 3.55. The van der Waals surface area contributed by atoms with Gasteiger partial charge >= 0.3 is 0 Å². The van der Waals surface area contributed by atoms with Crippen molar-refractivity contribution >= 4 is 29.1 Å². The zero-order chi connectivity index (χ0) is 14.5. The first-order chi connectivity index (χ1) is 9.56. The normalized spacial score (nSPS) is 12.2. The summed E-state index contributed by atoms with van der Waals surface area (Å²) in [5.74, 6) is 0.761. The van der Waals surface area contributed by atoms with Gasteiger partial charge in [-0.25, -0.2) is 0 Å². The Labute approximate surface area is 127 Å². The molecule has 1 heterocycles. The number of aryl methyl sites for hydroxylation is 1. The smallest absolute Gasteiger partial charge is 0.220 e. The number of hydrogen-bond donors (Lipinski definition) is 1. The van der Waals surface area contributed by atoms with Gasteiger partial charge in [0.15, 0.2) is 0 Å². The van der Waals surface area contributed by atoms with Crippen molar-refractivity contribution in [2.24, 2.45) is 0 Å². The highest BCUT2D eigenvalue weighted by atomic mass is 35.5. The van der Waals surface area contributed by atoms with Gasteiger partial charge < -0.3 is 9.73 Å². The molecule has 0 saturated heterocycles. The largest absolute Gasteiger partial charge is 0.469 e. The van der Waals surface area contributed by atoms with Crippen molar-refractivity contribution in [1.29, 1.82) is 0 Å². The van der Waals surface area contributed by atoms with Crippen LogP contribution in [0.3, 0.4) is 0 Å². The van der Waals surface area contributed by atoms with Crippen LogP contribution in [0.5, 0.6) is 0 Å². The van der Waals surface area contributed by atoms with Gasteiger partial charge in [0, 0.05) is 22.9 Å². The number of carbonyl (C=O) groups is 1. The summed E-state index contributed by atoms with van der Waals surface area (Å²) >= 11 is 12.0. The molecule has 20 heavy (non-hydrogen) atoms. The van der Waals surface area contributed by atoms with Crippen molar-refractivity contribution < 1.29 is 9.21 Å². The lowest BCUT2D eigenvalue weighted by atomic mass is 10.1. The second kappa shape index (κ2) is 6.82. The quantitative estimate of drug-likeness (QED) is 0.889. The van der Waals surface area contributed by atoms with E-state index in [2.05, 4.69) is 5.32 Å². The van der Waals surface area contributed by atoms with E-state index in [1.165, 1.54) is 0 Å². The predicted octanol–water partition coefficient (Wildman–Crippen LogP) is 4.40. The number of hydrogen-bond acceptors (Lipinski definition) is 2. The highest BCUT2D eigenvalue weighted by molar-refractivity contribution is 6.35. The molecule has 0 radical (unpaired) electrons. The number of amides is 1.